The molecule has 2 aromatic carbocycles. The topological polar surface area (TPSA) is 46.3 Å². The first-order chi connectivity index (χ1) is 10.6. The predicted molar refractivity (Wildman–Crippen MR) is 85.6 cm³/mol. The number of carbonyl (C=O) groups is 1. The van der Waals surface area contributed by atoms with Gasteiger partial charge in [0.1, 0.15) is 5.82 Å². The van der Waals surface area contributed by atoms with E-state index in [9.17, 15) is 9.18 Å². The molecule has 0 bridgehead atoms. The summed E-state index contributed by atoms with van der Waals surface area (Å²) in [6.45, 7) is 2.81. The summed E-state index contributed by atoms with van der Waals surface area (Å²) in [5.74, 6) is -0.412. The van der Waals surface area contributed by atoms with E-state index in [1.54, 1.807) is 11.0 Å². The van der Waals surface area contributed by atoms with Gasteiger partial charge >= 0.3 is 0 Å². The number of amides is 1. The molecular formula is C18H21FN2O. The molecule has 0 aliphatic rings. The van der Waals surface area contributed by atoms with Crippen LogP contribution in [0.3, 0.4) is 0 Å². The van der Waals surface area contributed by atoms with E-state index in [4.69, 9.17) is 5.73 Å². The van der Waals surface area contributed by atoms with E-state index in [0.717, 1.165) is 11.1 Å². The Bertz CT molecular complexity index is 615. The average Bonchev–Trinajstić information content (AvgIpc) is 2.53. The quantitative estimate of drug-likeness (QED) is 0.891. The maximum atomic E-state index is 13.2. The van der Waals surface area contributed by atoms with E-state index in [0.29, 0.717) is 19.5 Å². The number of rotatable bonds is 6. The van der Waals surface area contributed by atoms with E-state index in [1.165, 1.54) is 12.1 Å². The number of benzene rings is 2. The highest BCUT2D eigenvalue weighted by Gasteiger charge is 2.20. The fourth-order valence-electron chi connectivity index (χ4n) is 2.39. The van der Waals surface area contributed by atoms with Gasteiger partial charge in [0.2, 0.25) is 5.91 Å². The molecule has 0 heterocycles. The lowest BCUT2D eigenvalue weighted by atomic mass is 10.1. The molecule has 116 valence electrons. The van der Waals surface area contributed by atoms with Crippen LogP contribution in [0.1, 0.15) is 18.1 Å². The zero-order valence-electron chi connectivity index (χ0n) is 12.7. The van der Waals surface area contributed by atoms with E-state index in [-0.39, 0.29) is 11.7 Å². The van der Waals surface area contributed by atoms with Crippen molar-refractivity contribution in [3.63, 3.8) is 0 Å². The van der Waals surface area contributed by atoms with Crippen molar-refractivity contribution in [1.82, 2.24) is 4.90 Å². The maximum Gasteiger partial charge on any atom is 0.240 e. The van der Waals surface area contributed by atoms with E-state index >= 15 is 0 Å². The molecule has 0 saturated heterocycles. The van der Waals surface area contributed by atoms with Crippen molar-refractivity contribution < 1.29 is 9.18 Å². The van der Waals surface area contributed by atoms with Gasteiger partial charge in [-0.1, -0.05) is 42.5 Å². The lowest BCUT2D eigenvalue weighted by molar-refractivity contribution is -0.133. The minimum atomic E-state index is -0.587. The van der Waals surface area contributed by atoms with Crippen LogP contribution < -0.4 is 5.73 Å². The number of nitrogens with two attached hydrogens (primary N) is 1. The van der Waals surface area contributed by atoms with Gasteiger partial charge in [-0.05, 0) is 36.6 Å². The Morgan fingerprint density at radius 2 is 1.82 bits per heavy atom. The first-order valence-corrected chi connectivity index (χ1v) is 7.43. The molecule has 3 nitrogen and oxygen atoms in total. The predicted octanol–water partition coefficient (Wildman–Crippen LogP) is 2.74. The molecule has 4 heteroatoms. The van der Waals surface area contributed by atoms with Crippen LogP contribution in [0.15, 0.2) is 54.6 Å². The van der Waals surface area contributed by atoms with Gasteiger partial charge in [0, 0.05) is 13.1 Å². The number of likely N-dealkylation sites (N-methyl/N-ethyl adjacent to an activating group) is 1. The van der Waals surface area contributed by atoms with Gasteiger partial charge in [-0.25, -0.2) is 4.39 Å². The molecule has 0 aromatic heterocycles. The monoisotopic (exact) mass is 300 g/mol. The molecule has 0 aliphatic carbocycles. The lowest BCUT2D eigenvalue weighted by Crippen LogP contribution is -2.44. The first kappa shape index (κ1) is 16.2. The van der Waals surface area contributed by atoms with Crippen molar-refractivity contribution >= 4 is 5.91 Å². The molecule has 0 radical (unpaired) electrons. The zero-order valence-corrected chi connectivity index (χ0v) is 12.7. The van der Waals surface area contributed by atoms with Crippen LogP contribution in [0.2, 0.25) is 0 Å². The maximum absolute atomic E-state index is 13.2. The molecule has 0 aliphatic heterocycles. The molecule has 0 fully saturated rings. The van der Waals surface area contributed by atoms with Gasteiger partial charge in [0.15, 0.2) is 0 Å². The summed E-state index contributed by atoms with van der Waals surface area (Å²) in [5.41, 5.74) is 7.84. The summed E-state index contributed by atoms with van der Waals surface area (Å²) >= 11 is 0. The van der Waals surface area contributed by atoms with Crippen molar-refractivity contribution in [2.24, 2.45) is 5.73 Å². The van der Waals surface area contributed by atoms with Gasteiger partial charge in [-0.2, -0.15) is 0 Å². The minimum Gasteiger partial charge on any atom is -0.337 e. The lowest BCUT2D eigenvalue weighted by Gasteiger charge is -2.24. The van der Waals surface area contributed by atoms with Gasteiger partial charge in [-0.3, -0.25) is 4.79 Å². The largest absolute Gasteiger partial charge is 0.337 e. The summed E-state index contributed by atoms with van der Waals surface area (Å²) in [4.78, 5) is 14.1. The minimum absolute atomic E-state index is 0.115. The molecular weight excluding hydrogens is 279 g/mol. The van der Waals surface area contributed by atoms with Crippen molar-refractivity contribution in [2.75, 3.05) is 6.54 Å². The van der Waals surface area contributed by atoms with Crippen LogP contribution >= 0.6 is 0 Å². The third-order valence-corrected chi connectivity index (χ3v) is 3.57. The number of hydrogen-bond donors (Lipinski definition) is 1. The number of halogens is 1. The SMILES string of the molecule is CCN(Cc1cccc(F)c1)C(=O)[C@@H](N)Cc1ccccc1. The smallest absolute Gasteiger partial charge is 0.240 e. The van der Waals surface area contributed by atoms with Crippen molar-refractivity contribution in [3.8, 4) is 0 Å². The van der Waals surface area contributed by atoms with Crippen molar-refractivity contribution in [2.45, 2.75) is 25.9 Å². The standard InChI is InChI=1S/C18H21FN2O/c1-2-21(13-15-9-6-10-16(19)11-15)18(22)17(20)12-14-7-4-3-5-8-14/h3-11,17H,2,12-13,20H2,1H3/t17-/m0/s1. The summed E-state index contributed by atoms with van der Waals surface area (Å²) in [7, 11) is 0. The summed E-state index contributed by atoms with van der Waals surface area (Å²) in [6, 6.07) is 15.4. The molecule has 1 atom stereocenters. The Morgan fingerprint density at radius 1 is 1.14 bits per heavy atom. The molecule has 1 amide bonds. The Hall–Kier alpha value is -2.20. The molecule has 0 saturated carbocycles. The number of hydrogen-bond acceptors (Lipinski definition) is 2. The van der Waals surface area contributed by atoms with Crippen LogP contribution in [-0.2, 0) is 17.8 Å². The second kappa shape index (κ2) is 7.71. The Balaban J connectivity index is 2.01. The van der Waals surface area contributed by atoms with Gasteiger partial charge in [0.25, 0.3) is 0 Å². The van der Waals surface area contributed by atoms with Crippen molar-refractivity contribution in [1.29, 1.82) is 0 Å². The summed E-state index contributed by atoms with van der Waals surface area (Å²) in [5, 5.41) is 0. The number of carbonyl (C=O) groups excluding carboxylic acids is 1. The van der Waals surface area contributed by atoms with Gasteiger partial charge < -0.3 is 10.6 Å². The van der Waals surface area contributed by atoms with Gasteiger partial charge in [-0.15, -0.1) is 0 Å². The first-order valence-electron chi connectivity index (χ1n) is 7.43. The van der Waals surface area contributed by atoms with Gasteiger partial charge in [0.05, 0.1) is 6.04 Å². The molecule has 2 aromatic rings. The fourth-order valence-corrected chi connectivity index (χ4v) is 2.39. The highest BCUT2D eigenvalue weighted by Crippen LogP contribution is 2.10. The van der Waals surface area contributed by atoms with Crippen LogP contribution in [0.4, 0.5) is 4.39 Å². The highest BCUT2D eigenvalue weighted by atomic mass is 19.1. The van der Waals surface area contributed by atoms with E-state index in [1.807, 2.05) is 43.3 Å². The normalized spacial score (nSPS) is 12.0. The summed E-state index contributed by atoms with van der Waals surface area (Å²) in [6.07, 6.45) is 0.499. The highest BCUT2D eigenvalue weighted by molar-refractivity contribution is 5.82. The molecule has 2 N–H and O–H groups in total. The fraction of sp³-hybridized carbons (Fsp3) is 0.278. The van der Waals surface area contributed by atoms with Crippen molar-refractivity contribution in [3.05, 3.63) is 71.5 Å². The van der Waals surface area contributed by atoms with Crippen LogP contribution in [0.5, 0.6) is 0 Å². The van der Waals surface area contributed by atoms with Crippen LogP contribution in [0.25, 0.3) is 0 Å². The molecule has 0 spiro atoms. The second-order valence-electron chi connectivity index (χ2n) is 5.28. The second-order valence-corrected chi connectivity index (χ2v) is 5.28. The third kappa shape index (κ3) is 4.40. The van der Waals surface area contributed by atoms with E-state index in [2.05, 4.69) is 0 Å². The molecule has 22 heavy (non-hydrogen) atoms. The van der Waals surface area contributed by atoms with Crippen LogP contribution in [-0.4, -0.2) is 23.4 Å². The molecule has 0 unspecified atom stereocenters. The Labute approximate surface area is 130 Å². The van der Waals surface area contributed by atoms with Crippen LogP contribution in [0, 0.1) is 5.82 Å². The van der Waals surface area contributed by atoms with E-state index < -0.39 is 6.04 Å². The summed E-state index contributed by atoms with van der Waals surface area (Å²) < 4.78 is 13.2. The average molecular weight is 300 g/mol. The Morgan fingerprint density at radius 3 is 2.45 bits per heavy atom. The number of nitrogens with zero attached hydrogens (tertiary/aromatic N) is 1. The third-order valence-electron chi connectivity index (χ3n) is 3.57. The molecule has 2 rings (SSSR count). The Kier molecular flexibility index (Phi) is 5.67. The zero-order chi connectivity index (χ0) is 15.9.